The summed E-state index contributed by atoms with van der Waals surface area (Å²) in [4.78, 5) is 17.7. The van der Waals surface area contributed by atoms with Gasteiger partial charge in [-0.05, 0) is 26.3 Å². The second-order valence-corrected chi connectivity index (χ2v) is 6.91. The lowest BCUT2D eigenvalue weighted by Crippen LogP contribution is -2.34. The van der Waals surface area contributed by atoms with Gasteiger partial charge in [0, 0.05) is 17.3 Å². The van der Waals surface area contributed by atoms with Crippen LogP contribution in [-0.2, 0) is 11.2 Å². The smallest absolute Gasteiger partial charge is 0.230 e. The molecule has 1 aromatic carbocycles. The largest absolute Gasteiger partial charge is 0.327 e. The minimum atomic E-state index is -0.232. The number of nitrogens with zero attached hydrogens (tertiary/aromatic N) is 1. The van der Waals surface area contributed by atoms with Crippen molar-refractivity contribution in [2.24, 2.45) is 11.7 Å². The lowest BCUT2D eigenvalue weighted by Gasteiger charge is -2.13. The molecule has 3 N–H and O–H groups in total. The predicted molar refractivity (Wildman–Crippen MR) is 92.3 cm³/mol. The van der Waals surface area contributed by atoms with E-state index in [-0.39, 0.29) is 17.9 Å². The van der Waals surface area contributed by atoms with Crippen LogP contribution in [0.25, 0.3) is 0 Å². The Morgan fingerprint density at radius 2 is 1.91 bits per heavy atom. The van der Waals surface area contributed by atoms with E-state index in [1.54, 1.807) is 0 Å². The van der Waals surface area contributed by atoms with Gasteiger partial charge in [0.2, 0.25) is 5.91 Å². The monoisotopic (exact) mass is 317 g/mol. The molecule has 2 unspecified atom stereocenters. The van der Waals surface area contributed by atoms with Crippen LogP contribution < -0.4 is 11.1 Å². The Bertz CT molecular complexity index is 646. The zero-order valence-electron chi connectivity index (χ0n) is 13.5. The maximum atomic E-state index is 12.0. The number of anilines is 1. The van der Waals surface area contributed by atoms with Crippen molar-refractivity contribution in [3.63, 3.8) is 0 Å². The lowest BCUT2D eigenvalue weighted by molar-refractivity contribution is -0.119. The molecule has 4 nitrogen and oxygen atoms in total. The first-order valence-corrected chi connectivity index (χ1v) is 8.26. The molecule has 0 bridgehead atoms. The molecule has 118 valence electrons. The fourth-order valence-corrected chi connectivity index (χ4v) is 2.99. The summed E-state index contributed by atoms with van der Waals surface area (Å²) in [5.74, 6) is -0.310. The number of amides is 1. The highest BCUT2D eigenvalue weighted by molar-refractivity contribution is 7.15. The van der Waals surface area contributed by atoms with E-state index >= 15 is 0 Å². The van der Waals surface area contributed by atoms with Gasteiger partial charge in [-0.15, -0.1) is 11.3 Å². The van der Waals surface area contributed by atoms with Gasteiger partial charge in [0.15, 0.2) is 5.13 Å². The van der Waals surface area contributed by atoms with Crippen molar-refractivity contribution >= 4 is 22.4 Å². The zero-order valence-corrected chi connectivity index (χ0v) is 14.3. The Morgan fingerprint density at radius 1 is 1.27 bits per heavy atom. The highest BCUT2D eigenvalue weighted by Crippen LogP contribution is 2.25. The summed E-state index contributed by atoms with van der Waals surface area (Å²) in [5.41, 5.74) is 9.23. The molecule has 0 aliphatic rings. The molecule has 1 amide bonds. The molecule has 0 aliphatic carbocycles. The van der Waals surface area contributed by atoms with Crippen molar-refractivity contribution in [3.05, 3.63) is 46.0 Å². The number of aryl methyl sites for hydroxylation is 2. The number of nitrogens with one attached hydrogen (secondary N) is 1. The summed E-state index contributed by atoms with van der Waals surface area (Å²) < 4.78 is 0. The van der Waals surface area contributed by atoms with E-state index in [1.165, 1.54) is 27.3 Å². The molecule has 0 aliphatic heterocycles. The maximum Gasteiger partial charge on any atom is 0.230 e. The minimum absolute atomic E-state index is 0.0781. The van der Waals surface area contributed by atoms with Gasteiger partial charge in [0.25, 0.3) is 0 Å². The summed E-state index contributed by atoms with van der Waals surface area (Å²) >= 11 is 1.53. The van der Waals surface area contributed by atoms with Crippen LogP contribution in [0.5, 0.6) is 0 Å². The Kier molecular flexibility index (Phi) is 5.32. The quantitative estimate of drug-likeness (QED) is 0.889. The average Bonchev–Trinajstić information content (AvgIpc) is 2.80. The van der Waals surface area contributed by atoms with Gasteiger partial charge in [-0.1, -0.05) is 36.8 Å². The van der Waals surface area contributed by atoms with Crippen molar-refractivity contribution in [2.75, 3.05) is 5.32 Å². The molecular formula is C17H23N3OS. The number of nitrogens with two attached hydrogens (primary N) is 1. The Hall–Kier alpha value is -1.72. The number of hydrogen-bond donors (Lipinski definition) is 2. The Labute approximate surface area is 135 Å². The summed E-state index contributed by atoms with van der Waals surface area (Å²) in [6.45, 7) is 7.72. The summed E-state index contributed by atoms with van der Waals surface area (Å²) in [5, 5.41) is 3.52. The van der Waals surface area contributed by atoms with Crippen LogP contribution in [0.3, 0.4) is 0 Å². The molecule has 0 spiro atoms. The number of hydrogen-bond acceptors (Lipinski definition) is 4. The van der Waals surface area contributed by atoms with Crippen molar-refractivity contribution in [1.29, 1.82) is 0 Å². The molecule has 2 aromatic rings. The molecule has 0 saturated heterocycles. The van der Waals surface area contributed by atoms with Gasteiger partial charge in [-0.25, -0.2) is 4.98 Å². The number of thiazole rings is 1. The number of carbonyl (C=O) groups is 1. The third-order valence-electron chi connectivity index (χ3n) is 3.81. The number of carbonyl (C=O) groups excluding carboxylic acids is 1. The average molecular weight is 317 g/mol. The second-order valence-electron chi connectivity index (χ2n) is 5.83. The summed E-state index contributed by atoms with van der Waals surface area (Å²) in [6.07, 6.45) is 0.836. The van der Waals surface area contributed by atoms with Crippen LogP contribution in [-0.4, -0.2) is 16.9 Å². The van der Waals surface area contributed by atoms with Crippen molar-refractivity contribution in [2.45, 2.75) is 40.2 Å². The number of aromatic nitrogens is 1. The van der Waals surface area contributed by atoms with Crippen molar-refractivity contribution in [3.8, 4) is 0 Å². The normalized spacial score (nSPS) is 13.7. The summed E-state index contributed by atoms with van der Waals surface area (Å²) in [7, 11) is 0. The first kappa shape index (κ1) is 16.6. The first-order valence-electron chi connectivity index (χ1n) is 7.45. The Balaban J connectivity index is 2.08. The molecule has 2 atom stereocenters. The maximum absolute atomic E-state index is 12.0. The van der Waals surface area contributed by atoms with E-state index in [4.69, 9.17) is 5.73 Å². The van der Waals surface area contributed by atoms with Crippen molar-refractivity contribution < 1.29 is 4.79 Å². The zero-order chi connectivity index (χ0) is 16.3. The molecule has 5 heteroatoms. The fourth-order valence-electron chi connectivity index (χ4n) is 1.99. The van der Waals surface area contributed by atoms with Gasteiger partial charge in [0.1, 0.15) is 0 Å². The van der Waals surface area contributed by atoms with Gasteiger partial charge < -0.3 is 11.1 Å². The third-order valence-corrected chi connectivity index (χ3v) is 4.88. The van der Waals surface area contributed by atoms with Crippen LogP contribution in [0.15, 0.2) is 24.3 Å². The molecule has 0 fully saturated rings. The van der Waals surface area contributed by atoms with E-state index in [0.29, 0.717) is 5.13 Å². The van der Waals surface area contributed by atoms with Gasteiger partial charge in [-0.2, -0.15) is 0 Å². The van der Waals surface area contributed by atoms with Crippen LogP contribution in [0, 0.1) is 19.8 Å². The van der Waals surface area contributed by atoms with E-state index in [2.05, 4.69) is 41.5 Å². The Morgan fingerprint density at radius 3 is 2.50 bits per heavy atom. The third kappa shape index (κ3) is 4.15. The van der Waals surface area contributed by atoms with E-state index in [0.717, 1.165) is 12.1 Å². The molecular weight excluding hydrogens is 294 g/mol. The predicted octanol–water partition coefficient (Wildman–Crippen LogP) is 3.27. The molecule has 1 heterocycles. The fraction of sp³-hybridized carbons (Fsp3) is 0.412. The first-order chi connectivity index (χ1) is 10.4. The standard InChI is InChI=1S/C17H23N3OS/c1-10-5-7-14(8-6-10)9-15-13(4)19-17(22-15)20-16(21)11(2)12(3)18/h5-8,11-12H,9,18H2,1-4H3,(H,19,20,21). The highest BCUT2D eigenvalue weighted by atomic mass is 32.1. The molecule has 2 rings (SSSR count). The lowest BCUT2D eigenvalue weighted by atomic mass is 10.0. The highest BCUT2D eigenvalue weighted by Gasteiger charge is 2.19. The van der Waals surface area contributed by atoms with Gasteiger partial charge >= 0.3 is 0 Å². The second kappa shape index (κ2) is 7.03. The molecule has 22 heavy (non-hydrogen) atoms. The SMILES string of the molecule is Cc1ccc(Cc2sc(NC(=O)C(C)C(C)N)nc2C)cc1. The van der Waals surface area contributed by atoms with E-state index in [9.17, 15) is 4.79 Å². The van der Waals surface area contributed by atoms with Crippen LogP contribution >= 0.6 is 11.3 Å². The minimum Gasteiger partial charge on any atom is -0.327 e. The topological polar surface area (TPSA) is 68.0 Å². The van der Waals surface area contributed by atoms with E-state index < -0.39 is 0 Å². The molecule has 0 saturated carbocycles. The van der Waals surface area contributed by atoms with Crippen LogP contribution in [0.2, 0.25) is 0 Å². The number of rotatable bonds is 5. The molecule has 0 radical (unpaired) electrons. The summed E-state index contributed by atoms with van der Waals surface area (Å²) in [6, 6.07) is 8.31. The van der Waals surface area contributed by atoms with Crippen LogP contribution in [0.4, 0.5) is 5.13 Å². The van der Waals surface area contributed by atoms with E-state index in [1.807, 2.05) is 20.8 Å². The van der Waals surface area contributed by atoms with Crippen molar-refractivity contribution in [1.82, 2.24) is 4.98 Å². The molecule has 1 aromatic heterocycles. The van der Waals surface area contributed by atoms with Gasteiger partial charge in [0.05, 0.1) is 11.6 Å². The van der Waals surface area contributed by atoms with Gasteiger partial charge in [-0.3, -0.25) is 4.79 Å². The number of benzene rings is 1. The van der Waals surface area contributed by atoms with Crippen LogP contribution in [0.1, 0.15) is 35.5 Å².